The van der Waals surface area contributed by atoms with E-state index in [1.54, 1.807) is 12.1 Å². The molecule has 0 amide bonds. The van der Waals surface area contributed by atoms with Crippen molar-refractivity contribution in [1.29, 1.82) is 0 Å². The summed E-state index contributed by atoms with van der Waals surface area (Å²) in [7, 11) is 0. The third-order valence-electron chi connectivity index (χ3n) is 3.68. The van der Waals surface area contributed by atoms with Crippen LogP contribution in [0.1, 0.15) is 27.0 Å². The van der Waals surface area contributed by atoms with E-state index < -0.39 is 5.97 Å². The molecule has 0 aliphatic heterocycles. The van der Waals surface area contributed by atoms with E-state index in [9.17, 15) is 9.59 Å². The lowest BCUT2D eigenvalue weighted by Gasteiger charge is -2.10. The van der Waals surface area contributed by atoms with Crippen molar-refractivity contribution < 1.29 is 19.1 Å². The molecule has 0 aliphatic rings. The van der Waals surface area contributed by atoms with E-state index in [2.05, 4.69) is 15.9 Å². The van der Waals surface area contributed by atoms with Gasteiger partial charge >= 0.3 is 5.97 Å². The highest BCUT2D eigenvalue weighted by Crippen LogP contribution is 2.17. The van der Waals surface area contributed by atoms with E-state index in [0.717, 1.165) is 21.2 Å². The number of Topliss-reactive ketones (excluding diaryl/α,β-unsaturated/α-hetero) is 1. The normalized spacial score (nSPS) is 10.3. The number of ketones is 1. The van der Waals surface area contributed by atoms with E-state index in [4.69, 9.17) is 9.47 Å². The lowest BCUT2D eigenvalue weighted by atomic mass is 9.98. The van der Waals surface area contributed by atoms with Crippen LogP contribution in [0.3, 0.4) is 0 Å². The highest BCUT2D eigenvalue weighted by atomic mass is 79.9. The second kappa shape index (κ2) is 8.11. The minimum Gasteiger partial charge on any atom is -0.482 e. The number of rotatable bonds is 6. The Morgan fingerprint density at radius 2 is 1.54 bits per heavy atom. The molecule has 126 valence electrons. The zero-order chi connectivity index (χ0) is 17.7. The van der Waals surface area contributed by atoms with Gasteiger partial charge in [0.1, 0.15) is 5.75 Å². The summed E-state index contributed by atoms with van der Waals surface area (Å²) in [6.07, 6.45) is 0. The third kappa shape index (κ3) is 4.93. The van der Waals surface area contributed by atoms with Gasteiger partial charge in [-0.25, -0.2) is 4.79 Å². The van der Waals surface area contributed by atoms with Gasteiger partial charge in [-0.2, -0.15) is 0 Å². The molecule has 2 rings (SSSR count). The molecular weight excluding hydrogens is 372 g/mol. The molecule has 0 spiro atoms. The van der Waals surface area contributed by atoms with Gasteiger partial charge in [0, 0.05) is 10.0 Å². The summed E-state index contributed by atoms with van der Waals surface area (Å²) < 4.78 is 11.2. The average molecular weight is 391 g/mol. The first kappa shape index (κ1) is 18.2. The van der Waals surface area contributed by atoms with E-state index in [1.807, 2.05) is 45.0 Å². The Morgan fingerprint density at radius 3 is 2.21 bits per heavy atom. The molecule has 0 radical (unpaired) electrons. The summed E-state index contributed by atoms with van der Waals surface area (Å²) in [5.41, 5.74) is 3.63. The number of esters is 1. The molecule has 24 heavy (non-hydrogen) atoms. The fraction of sp³-hybridized carbons (Fsp3) is 0.263. The van der Waals surface area contributed by atoms with Crippen LogP contribution in [0.2, 0.25) is 0 Å². The minimum absolute atomic E-state index is 0.215. The fourth-order valence-corrected chi connectivity index (χ4v) is 2.46. The third-order valence-corrected chi connectivity index (χ3v) is 4.20. The SMILES string of the molecule is Cc1cc(C)c(C(=O)COC(=O)COc2ccc(Br)cc2)cc1C. The standard InChI is InChI=1S/C19H19BrO4/c1-12-8-14(3)17(9-13(12)2)18(21)10-24-19(22)11-23-16-6-4-15(20)5-7-16/h4-9H,10-11H2,1-3H3. The summed E-state index contributed by atoms with van der Waals surface area (Å²) in [5.74, 6) is -0.230. The number of hydrogen-bond acceptors (Lipinski definition) is 4. The molecule has 0 unspecified atom stereocenters. The van der Waals surface area contributed by atoms with Gasteiger partial charge < -0.3 is 9.47 Å². The minimum atomic E-state index is -0.576. The van der Waals surface area contributed by atoms with E-state index in [1.165, 1.54) is 0 Å². The van der Waals surface area contributed by atoms with Gasteiger partial charge in [0.25, 0.3) is 0 Å². The van der Waals surface area contributed by atoms with Crippen LogP contribution in [-0.4, -0.2) is 25.0 Å². The second-order valence-electron chi connectivity index (χ2n) is 5.58. The molecule has 0 aromatic heterocycles. The summed E-state index contributed by atoms with van der Waals surface area (Å²) in [5, 5.41) is 0. The number of benzene rings is 2. The molecule has 2 aromatic carbocycles. The topological polar surface area (TPSA) is 52.6 Å². The van der Waals surface area contributed by atoms with Gasteiger partial charge in [0.15, 0.2) is 13.2 Å². The van der Waals surface area contributed by atoms with Crippen LogP contribution in [0.5, 0.6) is 5.75 Å². The van der Waals surface area contributed by atoms with Crippen molar-refractivity contribution in [3.05, 3.63) is 63.1 Å². The molecule has 0 aliphatic carbocycles. The number of hydrogen-bond donors (Lipinski definition) is 0. The zero-order valence-electron chi connectivity index (χ0n) is 13.9. The lowest BCUT2D eigenvalue weighted by Crippen LogP contribution is -2.20. The van der Waals surface area contributed by atoms with Crippen molar-refractivity contribution in [2.45, 2.75) is 20.8 Å². The number of aryl methyl sites for hydroxylation is 3. The number of ether oxygens (including phenoxy) is 2. The van der Waals surface area contributed by atoms with Gasteiger partial charge in [-0.3, -0.25) is 4.79 Å². The molecule has 0 bridgehead atoms. The molecule has 4 nitrogen and oxygen atoms in total. The molecule has 0 saturated carbocycles. The highest BCUT2D eigenvalue weighted by Gasteiger charge is 2.14. The first-order valence-electron chi connectivity index (χ1n) is 7.52. The highest BCUT2D eigenvalue weighted by molar-refractivity contribution is 9.10. The van der Waals surface area contributed by atoms with Crippen LogP contribution < -0.4 is 4.74 Å². The van der Waals surface area contributed by atoms with Crippen LogP contribution in [0.15, 0.2) is 40.9 Å². The number of halogens is 1. The maximum Gasteiger partial charge on any atom is 0.344 e. The van der Waals surface area contributed by atoms with Crippen LogP contribution in [0.4, 0.5) is 0 Å². The van der Waals surface area contributed by atoms with Gasteiger partial charge in [0.2, 0.25) is 5.78 Å². The molecule has 0 atom stereocenters. The fourth-order valence-electron chi connectivity index (χ4n) is 2.20. The molecule has 0 saturated heterocycles. The Balaban J connectivity index is 1.86. The van der Waals surface area contributed by atoms with Crippen molar-refractivity contribution in [3.8, 4) is 5.75 Å². The molecule has 0 N–H and O–H groups in total. The summed E-state index contributed by atoms with van der Waals surface area (Å²) >= 11 is 3.32. The Morgan fingerprint density at radius 1 is 0.917 bits per heavy atom. The second-order valence-corrected chi connectivity index (χ2v) is 6.49. The molecular formula is C19H19BrO4. The number of carbonyl (C=O) groups is 2. The summed E-state index contributed by atoms with van der Waals surface area (Å²) in [6.45, 7) is 5.30. The van der Waals surface area contributed by atoms with Crippen LogP contribution in [0, 0.1) is 20.8 Å². The van der Waals surface area contributed by atoms with Gasteiger partial charge in [-0.05, 0) is 67.8 Å². The van der Waals surface area contributed by atoms with Crippen molar-refractivity contribution in [2.24, 2.45) is 0 Å². The predicted molar refractivity (Wildman–Crippen MR) is 95.6 cm³/mol. The first-order chi connectivity index (χ1) is 11.4. The Labute approximate surface area is 149 Å². The van der Waals surface area contributed by atoms with E-state index >= 15 is 0 Å². The van der Waals surface area contributed by atoms with E-state index in [0.29, 0.717) is 11.3 Å². The molecule has 2 aromatic rings. The molecule has 0 heterocycles. The van der Waals surface area contributed by atoms with Gasteiger partial charge in [-0.1, -0.05) is 22.0 Å². The molecule has 0 fully saturated rings. The maximum absolute atomic E-state index is 12.2. The quantitative estimate of drug-likeness (QED) is 0.548. The van der Waals surface area contributed by atoms with Crippen LogP contribution in [0.25, 0.3) is 0 Å². The Hall–Kier alpha value is -2.14. The van der Waals surface area contributed by atoms with Crippen molar-refractivity contribution in [3.63, 3.8) is 0 Å². The Bertz CT molecular complexity index is 751. The van der Waals surface area contributed by atoms with E-state index in [-0.39, 0.29) is 19.0 Å². The van der Waals surface area contributed by atoms with Crippen LogP contribution >= 0.6 is 15.9 Å². The lowest BCUT2D eigenvalue weighted by molar-refractivity contribution is -0.144. The van der Waals surface area contributed by atoms with Crippen molar-refractivity contribution >= 4 is 27.7 Å². The van der Waals surface area contributed by atoms with Crippen molar-refractivity contribution in [1.82, 2.24) is 0 Å². The Kier molecular flexibility index (Phi) is 6.15. The number of carbonyl (C=O) groups excluding carboxylic acids is 2. The van der Waals surface area contributed by atoms with Crippen molar-refractivity contribution in [2.75, 3.05) is 13.2 Å². The predicted octanol–water partition coefficient (Wildman–Crippen LogP) is 4.18. The average Bonchev–Trinajstić information content (AvgIpc) is 2.55. The smallest absolute Gasteiger partial charge is 0.344 e. The largest absolute Gasteiger partial charge is 0.482 e. The van der Waals surface area contributed by atoms with Crippen LogP contribution in [-0.2, 0) is 9.53 Å². The monoisotopic (exact) mass is 390 g/mol. The summed E-state index contributed by atoms with van der Waals surface area (Å²) in [4.78, 5) is 23.9. The first-order valence-corrected chi connectivity index (χ1v) is 8.31. The van der Waals surface area contributed by atoms with Gasteiger partial charge in [-0.15, -0.1) is 0 Å². The summed E-state index contributed by atoms with van der Waals surface area (Å²) in [6, 6.07) is 10.9. The molecule has 5 heteroatoms. The zero-order valence-corrected chi connectivity index (χ0v) is 15.5. The maximum atomic E-state index is 12.2. The van der Waals surface area contributed by atoms with Gasteiger partial charge in [0.05, 0.1) is 0 Å².